The van der Waals surface area contributed by atoms with Gasteiger partial charge in [-0.2, -0.15) is 4.57 Å². The highest BCUT2D eigenvalue weighted by Gasteiger charge is 2.16. The normalized spacial score (nSPS) is 11.8. The predicted octanol–water partition coefficient (Wildman–Crippen LogP) is 1.14. The van der Waals surface area contributed by atoms with Crippen LogP contribution in [0.15, 0.2) is 17.6 Å². The van der Waals surface area contributed by atoms with Crippen LogP contribution in [0.1, 0.15) is 6.42 Å². The highest BCUT2D eigenvalue weighted by atomic mass is 32.2. The largest absolute Gasteiger partial charge is 0.748 e. The number of hydrogen-bond acceptors (Lipinski definition) is 6. The van der Waals surface area contributed by atoms with Crippen LogP contribution in [0.5, 0.6) is 11.5 Å². The van der Waals surface area contributed by atoms with Crippen molar-refractivity contribution in [2.75, 3.05) is 20.0 Å². The fourth-order valence-corrected chi connectivity index (χ4v) is 3.34. The molecule has 0 aliphatic carbocycles. The molecule has 0 saturated carbocycles. The minimum atomic E-state index is -4.16. The minimum absolute atomic E-state index is 0.288. The van der Waals surface area contributed by atoms with Gasteiger partial charge in [-0.3, -0.25) is 0 Å². The van der Waals surface area contributed by atoms with Crippen LogP contribution in [-0.4, -0.2) is 32.9 Å². The number of aryl methyl sites for hydroxylation is 1. The van der Waals surface area contributed by atoms with Gasteiger partial charge in [0.15, 0.2) is 18.0 Å². The molecule has 0 aliphatic rings. The van der Waals surface area contributed by atoms with E-state index in [1.807, 2.05) is 22.2 Å². The lowest BCUT2D eigenvalue weighted by Crippen LogP contribution is -2.32. The minimum Gasteiger partial charge on any atom is -0.748 e. The maximum absolute atomic E-state index is 10.6. The van der Waals surface area contributed by atoms with E-state index < -0.39 is 10.1 Å². The van der Waals surface area contributed by atoms with E-state index in [1.54, 1.807) is 14.2 Å². The van der Waals surface area contributed by atoms with Crippen molar-refractivity contribution in [1.82, 2.24) is 0 Å². The van der Waals surface area contributed by atoms with Crippen LogP contribution in [0.2, 0.25) is 0 Å². The molecule has 0 amide bonds. The molecule has 2 rings (SSSR count). The zero-order valence-electron chi connectivity index (χ0n) is 11.2. The van der Waals surface area contributed by atoms with E-state index in [0.717, 1.165) is 10.2 Å². The monoisotopic (exact) mass is 317 g/mol. The van der Waals surface area contributed by atoms with Crippen molar-refractivity contribution in [1.29, 1.82) is 0 Å². The smallest absolute Gasteiger partial charge is 0.227 e. The van der Waals surface area contributed by atoms with Crippen LogP contribution in [0, 0.1) is 0 Å². The molecule has 0 radical (unpaired) electrons. The molecule has 0 spiro atoms. The Labute approximate surface area is 121 Å². The summed E-state index contributed by atoms with van der Waals surface area (Å²) in [6.45, 7) is 0.469. The number of fused-ring (bicyclic) bond motifs is 1. The summed E-state index contributed by atoms with van der Waals surface area (Å²) in [6, 6.07) is 3.72. The molecular weight excluding hydrogens is 302 g/mol. The molecule has 0 aliphatic heterocycles. The molecule has 0 unspecified atom stereocenters. The molecule has 1 aromatic carbocycles. The topological polar surface area (TPSA) is 79.5 Å². The van der Waals surface area contributed by atoms with Crippen molar-refractivity contribution in [3.63, 3.8) is 0 Å². The lowest BCUT2D eigenvalue weighted by Gasteiger charge is -2.06. The summed E-state index contributed by atoms with van der Waals surface area (Å²) in [6.07, 6.45) is 0.288. The van der Waals surface area contributed by atoms with Crippen LogP contribution in [-0.2, 0) is 16.7 Å². The van der Waals surface area contributed by atoms with Crippen LogP contribution in [0.4, 0.5) is 0 Å². The molecule has 1 aromatic heterocycles. The summed E-state index contributed by atoms with van der Waals surface area (Å²) in [4.78, 5) is 0. The summed E-state index contributed by atoms with van der Waals surface area (Å²) in [5.74, 6) is 0.907. The Bertz CT molecular complexity index is 708. The molecule has 0 saturated heterocycles. The van der Waals surface area contributed by atoms with Crippen molar-refractivity contribution < 1.29 is 27.0 Å². The van der Waals surface area contributed by atoms with Crippen molar-refractivity contribution in [2.45, 2.75) is 13.0 Å². The molecule has 2 aromatic rings. The number of nitrogens with zero attached hydrogens (tertiary/aromatic N) is 1. The highest BCUT2D eigenvalue weighted by Crippen LogP contribution is 2.32. The second-order valence-electron chi connectivity index (χ2n) is 4.21. The van der Waals surface area contributed by atoms with Gasteiger partial charge in [0.25, 0.3) is 0 Å². The highest BCUT2D eigenvalue weighted by molar-refractivity contribution is 7.85. The van der Waals surface area contributed by atoms with Gasteiger partial charge in [0.05, 0.1) is 30.4 Å². The molecule has 110 valence electrons. The second kappa shape index (κ2) is 5.94. The van der Waals surface area contributed by atoms with E-state index in [1.165, 1.54) is 11.3 Å². The summed E-state index contributed by atoms with van der Waals surface area (Å²) in [5.41, 5.74) is 2.82. The molecule has 8 heteroatoms. The van der Waals surface area contributed by atoms with Crippen molar-refractivity contribution in [3.8, 4) is 11.5 Å². The summed E-state index contributed by atoms with van der Waals surface area (Å²) in [7, 11) is -1.02. The first kappa shape index (κ1) is 15.0. The molecule has 6 nitrogen and oxygen atoms in total. The Morgan fingerprint density at radius 1 is 1.25 bits per heavy atom. The molecular formula is C12H15NO5S2. The Kier molecular flexibility index (Phi) is 4.46. The predicted molar refractivity (Wildman–Crippen MR) is 74.3 cm³/mol. The standard InChI is InChI=1S/C12H15NO5S2/c1-17-10-6-9-12(7-11(10)18-2)19-8-13(9)4-3-5-20(14,15)16/h6-8H,3-5H2,1-2H3. The molecule has 0 fully saturated rings. The average Bonchev–Trinajstić information content (AvgIpc) is 2.78. The number of hydrogen-bond donors (Lipinski definition) is 0. The van der Waals surface area contributed by atoms with Gasteiger partial charge in [-0.15, -0.1) is 0 Å². The quantitative estimate of drug-likeness (QED) is 0.589. The number of aromatic nitrogens is 1. The second-order valence-corrected chi connectivity index (χ2v) is 6.62. The van der Waals surface area contributed by atoms with Crippen molar-refractivity contribution >= 4 is 31.7 Å². The van der Waals surface area contributed by atoms with Gasteiger partial charge in [-0.05, 0) is 0 Å². The zero-order valence-corrected chi connectivity index (χ0v) is 12.8. The van der Waals surface area contributed by atoms with E-state index in [2.05, 4.69) is 0 Å². The number of thiazole rings is 1. The number of ether oxygens (including phenoxy) is 2. The molecule has 0 atom stereocenters. The fraction of sp³-hybridized carbons (Fsp3) is 0.417. The summed E-state index contributed by atoms with van der Waals surface area (Å²) in [5, 5.41) is 0. The maximum atomic E-state index is 10.6. The van der Waals surface area contributed by atoms with Crippen molar-refractivity contribution in [3.05, 3.63) is 17.6 Å². The van der Waals surface area contributed by atoms with Gasteiger partial charge in [0.1, 0.15) is 4.70 Å². The Morgan fingerprint density at radius 2 is 1.90 bits per heavy atom. The van der Waals surface area contributed by atoms with Crippen LogP contribution < -0.4 is 14.0 Å². The van der Waals surface area contributed by atoms with Crippen molar-refractivity contribution in [2.24, 2.45) is 0 Å². The molecule has 20 heavy (non-hydrogen) atoms. The van der Waals surface area contributed by atoms with Gasteiger partial charge in [-0.25, -0.2) is 8.42 Å². The van der Waals surface area contributed by atoms with E-state index in [0.29, 0.717) is 18.0 Å². The van der Waals surface area contributed by atoms with Gasteiger partial charge in [-0.1, -0.05) is 11.3 Å². The first-order valence-corrected chi connectivity index (χ1v) is 8.36. The van der Waals surface area contributed by atoms with Crippen LogP contribution >= 0.6 is 11.3 Å². The Balaban J connectivity index is 2.27. The average molecular weight is 317 g/mol. The third-order valence-electron chi connectivity index (χ3n) is 2.87. The molecule has 0 N–H and O–H groups in total. The number of methoxy groups -OCH3 is 2. The van der Waals surface area contributed by atoms with Gasteiger partial charge < -0.3 is 14.0 Å². The maximum Gasteiger partial charge on any atom is 0.227 e. The SMILES string of the molecule is COc1cc2sc[n+](CCCS(=O)(=O)[O-])c2cc1OC. The van der Waals surface area contributed by atoms with Crippen LogP contribution in [0.25, 0.3) is 10.2 Å². The first-order valence-electron chi connectivity index (χ1n) is 5.91. The Hall–Kier alpha value is -1.38. The van der Waals surface area contributed by atoms with E-state index in [9.17, 15) is 13.0 Å². The van der Waals surface area contributed by atoms with Gasteiger partial charge in [0, 0.05) is 18.2 Å². The van der Waals surface area contributed by atoms with Gasteiger partial charge in [0.2, 0.25) is 11.0 Å². The molecule has 1 heterocycles. The zero-order chi connectivity index (χ0) is 14.8. The lowest BCUT2D eigenvalue weighted by atomic mass is 10.3. The number of benzene rings is 1. The van der Waals surface area contributed by atoms with E-state index in [4.69, 9.17) is 9.47 Å². The third kappa shape index (κ3) is 3.38. The number of rotatable bonds is 6. The summed E-state index contributed by atoms with van der Waals surface area (Å²) < 4.78 is 45.2. The molecule has 0 bridgehead atoms. The van der Waals surface area contributed by atoms with E-state index >= 15 is 0 Å². The Morgan fingerprint density at radius 3 is 2.50 bits per heavy atom. The summed E-state index contributed by atoms with van der Waals surface area (Å²) >= 11 is 1.52. The van der Waals surface area contributed by atoms with Crippen LogP contribution in [0.3, 0.4) is 0 Å². The third-order valence-corrected chi connectivity index (χ3v) is 4.60. The van der Waals surface area contributed by atoms with E-state index in [-0.39, 0.29) is 12.2 Å². The first-order chi connectivity index (χ1) is 9.44. The van der Waals surface area contributed by atoms with Gasteiger partial charge >= 0.3 is 0 Å². The fourth-order valence-electron chi connectivity index (χ4n) is 1.93. The lowest BCUT2D eigenvalue weighted by molar-refractivity contribution is -0.667.